The topological polar surface area (TPSA) is 76.2 Å². The van der Waals surface area contributed by atoms with Crippen LogP contribution in [0.4, 0.5) is 0 Å². The predicted octanol–water partition coefficient (Wildman–Crippen LogP) is 3.02. The monoisotopic (exact) mass is 355 g/mol. The van der Waals surface area contributed by atoms with E-state index in [0.717, 1.165) is 36.5 Å². The number of ether oxygens (including phenoxy) is 2. The fourth-order valence-electron chi connectivity index (χ4n) is 3.58. The Morgan fingerprint density at radius 1 is 1.38 bits per heavy atom. The molecule has 0 radical (unpaired) electrons. The zero-order valence-electron chi connectivity index (χ0n) is 15.2. The fraction of sp³-hybridized carbons (Fsp3) is 0.500. The highest BCUT2D eigenvalue weighted by Gasteiger charge is 2.45. The number of hydrogen-bond acceptors (Lipinski definition) is 4. The molecule has 2 heterocycles. The van der Waals surface area contributed by atoms with Crippen LogP contribution in [0.25, 0.3) is 11.3 Å². The van der Waals surface area contributed by atoms with Crippen LogP contribution in [0, 0.1) is 11.8 Å². The van der Waals surface area contributed by atoms with Crippen LogP contribution in [0.2, 0.25) is 0 Å². The van der Waals surface area contributed by atoms with Crippen LogP contribution in [-0.4, -0.2) is 41.5 Å². The molecule has 1 aromatic heterocycles. The molecule has 4 rings (SSSR count). The van der Waals surface area contributed by atoms with Crippen LogP contribution in [0.1, 0.15) is 37.2 Å². The number of aromatic amines is 1. The first-order valence-corrected chi connectivity index (χ1v) is 9.31. The van der Waals surface area contributed by atoms with Crippen molar-refractivity contribution in [2.24, 2.45) is 11.8 Å². The first-order chi connectivity index (χ1) is 12.6. The number of nitrogens with zero attached hydrogens (tertiary/aromatic N) is 1. The van der Waals surface area contributed by atoms with Crippen molar-refractivity contribution in [1.29, 1.82) is 0 Å². The molecule has 2 N–H and O–H groups in total. The Balaban J connectivity index is 1.37. The van der Waals surface area contributed by atoms with Crippen molar-refractivity contribution in [2.45, 2.75) is 38.8 Å². The molecule has 138 valence electrons. The molecule has 3 atom stereocenters. The highest BCUT2D eigenvalue weighted by molar-refractivity contribution is 5.93. The minimum Gasteiger partial charge on any atom is -0.493 e. The molecular weight excluding hydrogens is 330 g/mol. The van der Waals surface area contributed by atoms with Gasteiger partial charge in [0.15, 0.2) is 0 Å². The van der Waals surface area contributed by atoms with Gasteiger partial charge >= 0.3 is 0 Å². The first kappa shape index (κ1) is 17.1. The van der Waals surface area contributed by atoms with Gasteiger partial charge in [0.1, 0.15) is 11.4 Å². The van der Waals surface area contributed by atoms with E-state index in [1.165, 1.54) is 0 Å². The van der Waals surface area contributed by atoms with E-state index in [2.05, 4.69) is 29.4 Å². The van der Waals surface area contributed by atoms with Gasteiger partial charge in [-0.25, -0.2) is 0 Å². The Kier molecular flexibility index (Phi) is 4.68. The SMILES string of the molecule is CC(C)COc1ccc(-c2cc(C(=O)N[C@H]3C[C@@H]4OCC[C@H]34)[nH]n2)cc1. The van der Waals surface area contributed by atoms with Crippen LogP contribution in [0.15, 0.2) is 30.3 Å². The van der Waals surface area contributed by atoms with Gasteiger partial charge in [0.25, 0.3) is 5.91 Å². The Bertz CT molecular complexity index is 769. The summed E-state index contributed by atoms with van der Waals surface area (Å²) in [5, 5.41) is 10.2. The van der Waals surface area contributed by atoms with E-state index >= 15 is 0 Å². The average Bonchev–Trinajstić information content (AvgIpc) is 3.25. The van der Waals surface area contributed by atoms with E-state index in [9.17, 15) is 4.79 Å². The molecule has 6 heteroatoms. The van der Waals surface area contributed by atoms with Gasteiger partial charge in [0.2, 0.25) is 0 Å². The summed E-state index contributed by atoms with van der Waals surface area (Å²) in [4.78, 5) is 12.4. The lowest BCUT2D eigenvalue weighted by atomic mass is 9.76. The quantitative estimate of drug-likeness (QED) is 0.835. The van der Waals surface area contributed by atoms with Gasteiger partial charge in [-0.3, -0.25) is 9.89 Å². The van der Waals surface area contributed by atoms with Gasteiger partial charge in [0.05, 0.1) is 18.4 Å². The molecule has 1 aliphatic heterocycles. The van der Waals surface area contributed by atoms with E-state index in [4.69, 9.17) is 9.47 Å². The van der Waals surface area contributed by atoms with Gasteiger partial charge in [-0.2, -0.15) is 5.10 Å². The molecule has 1 aliphatic carbocycles. The normalized spacial score (nSPS) is 24.2. The van der Waals surface area contributed by atoms with Crippen molar-refractivity contribution in [3.05, 3.63) is 36.0 Å². The maximum atomic E-state index is 12.4. The number of amides is 1. The minimum atomic E-state index is -0.101. The Labute approximate surface area is 153 Å². The van der Waals surface area contributed by atoms with Crippen LogP contribution >= 0.6 is 0 Å². The Morgan fingerprint density at radius 3 is 2.92 bits per heavy atom. The standard InChI is InChI=1S/C20H25N3O3/c1-12(2)11-26-14-5-3-13(4-6-14)16-9-18(23-22-16)20(24)21-17-10-19-15(17)7-8-25-19/h3-6,9,12,15,17,19H,7-8,10-11H2,1-2H3,(H,21,24)(H,22,23)/t15-,17+,19+/m1/s1. The lowest BCUT2D eigenvalue weighted by Crippen LogP contribution is -2.53. The van der Waals surface area contributed by atoms with Gasteiger partial charge in [-0.15, -0.1) is 0 Å². The van der Waals surface area contributed by atoms with Gasteiger partial charge < -0.3 is 14.8 Å². The van der Waals surface area contributed by atoms with E-state index in [1.807, 2.05) is 24.3 Å². The lowest BCUT2D eigenvalue weighted by molar-refractivity contribution is 0.00802. The maximum Gasteiger partial charge on any atom is 0.269 e. The summed E-state index contributed by atoms with van der Waals surface area (Å²) < 4.78 is 11.3. The molecule has 2 fully saturated rings. The highest BCUT2D eigenvalue weighted by Crippen LogP contribution is 2.38. The molecule has 2 aliphatic rings. The summed E-state index contributed by atoms with van der Waals surface area (Å²) in [6.45, 7) is 5.75. The second kappa shape index (κ2) is 7.11. The second-order valence-corrected chi connectivity index (χ2v) is 7.57. The molecule has 0 bridgehead atoms. The number of rotatable bonds is 6. The molecule has 1 amide bonds. The Morgan fingerprint density at radius 2 is 2.19 bits per heavy atom. The van der Waals surface area contributed by atoms with Crippen molar-refractivity contribution in [2.75, 3.05) is 13.2 Å². The van der Waals surface area contributed by atoms with Crippen LogP contribution in [0.5, 0.6) is 5.75 Å². The third-order valence-corrected chi connectivity index (χ3v) is 5.14. The van der Waals surface area contributed by atoms with Gasteiger partial charge in [-0.1, -0.05) is 13.8 Å². The molecule has 1 saturated carbocycles. The number of nitrogens with one attached hydrogen (secondary N) is 2. The van der Waals surface area contributed by atoms with Crippen LogP contribution < -0.4 is 10.1 Å². The fourth-order valence-corrected chi connectivity index (χ4v) is 3.58. The molecule has 6 nitrogen and oxygen atoms in total. The average molecular weight is 355 g/mol. The highest BCUT2D eigenvalue weighted by atomic mass is 16.5. The third-order valence-electron chi connectivity index (χ3n) is 5.14. The third kappa shape index (κ3) is 3.46. The summed E-state index contributed by atoms with van der Waals surface area (Å²) in [5.74, 6) is 1.70. The predicted molar refractivity (Wildman–Crippen MR) is 98.1 cm³/mol. The van der Waals surface area contributed by atoms with Crippen molar-refractivity contribution < 1.29 is 14.3 Å². The number of fused-ring (bicyclic) bond motifs is 1. The summed E-state index contributed by atoms with van der Waals surface area (Å²) >= 11 is 0. The number of H-pyrrole nitrogens is 1. The number of carbonyl (C=O) groups is 1. The van der Waals surface area contributed by atoms with E-state index in [-0.39, 0.29) is 11.9 Å². The number of carbonyl (C=O) groups excluding carboxylic acids is 1. The van der Waals surface area contributed by atoms with E-state index < -0.39 is 0 Å². The zero-order chi connectivity index (χ0) is 18.1. The molecule has 1 aromatic carbocycles. The minimum absolute atomic E-state index is 0.101. The van der Waals surface area contributed by atoms with Gasteiger partial charge in [-0.05, 0) is 49.1 Å². The maximum absolute atomic E-state index is 12.4. The summed E-state index contributed by atoms with van der Waals surface area (Å²) in [7, 11) is 0. The summed E-state index contributed by atoms with van der Waals surface area (Å²) in [6.07, 6.45) is 2.29. The van der Waals surface area contributed by atoms with Crippen molar-refractivity contribution in [3.63, 3.8) is 0 Å². The van der Waals surface area contributed by atoms with Crippen LogP contribution in [0.3, 0.4) is 0 Å². The molecule has 26 heavy (non-hydrogen) atoms. The van der Waals surface area contributed by atoms with Crippen LogP contribution in [-0.2, 0) is 4.74 Å². The summed E-state index contributed by atoms with van der Waals surface area (Å²) in [5.41, 5.74) is 2.19. The zero-order valence-corrected chi connectivity index (χ0v) is 15.2. The smallest absolute Gasteiger partial charge is 0.269 e. The molecule has 1 saturated heterocycles. The van der Waals surface area contributed by atoms with E-state index in [1.54, 1.807) is 6.07 Å². The number of hydrogen-bond donors (Lipinski definition) is 2. The molecule has 0 spiro atoms. The first-order valence-electron chi connectivity index (χ1n) is 9.31. The summed E-state index contributed by atoms with van der Waals surface area (Å²) in [6, 6.07) is 9.79. The Hall–Kier alpha value is -2.34. The van der Waals surface area contributed by atoms with Crippen molar-refractivity contribution in [1.82, 2.24) is 15.5 Å². The van der Waals surface area contributed by atoms with E-state index in [0.29, 0.717) is 30.2 Å². The van der Waals surface area contributed by atoms with Crippen molar-refractivity contribution >= 4 is 5.91 Å². The van der Waals surface area contributed by atoms with Gasteiger partial charge in [0, 0.05) is 24.1 Å². The number of benzene rings is 1. The largest absolute Gasteiger partial charge is 0.493 e. The molecule has 0 unspecified atom stereocenters. The molecular formula is C20H25N3O3. The number of aromatic nitrogens is 2. The lowest BCUT2D eigenvalue weighted by Gasteiger charge is -2.39. The van der Waals surface area contributed by atoms with Crippen molar-refractivity contribution in [3.8, 4) is 17.0 Å². The second-order valence-electron chi connectivity index (χ2n) is 7.57. The molecule has 2 aromatic rings.